The Labute approximate surface area is 149 Å². The molecular formula is C17H9F3N4O3. The van der Waals surface area contributed by atoms with Crippen LogP contribution in [0, 0.1) is 11.3 Å². The van der Waals surface area contributed by atoms with E-state index in [4.69, 9.17) is 14.7 Å². The summed E-state index contributed by atoms with van der Waals surface area (Å²) in [6, 6.07) is 10.8. The second-order valence-corrected chi connectivity index (χ2v) is 5.51. The van der Waals surface area contributed by atoms with Gasteiger partial charge in [-0.25, -0.2) is 5.10 Å². The molecule has 0 unspecified atom stereocenters. The second-order valence-electron chi connectivity index (χ2n) is 5.51. The molecule has 1 aromatic heterocycles. The first kappa shape index (κ1) is 16.7. The number of H-pyrrole nitrogens is 1. The topological polar surface area (TPSA) is 93.1 Å². The summed E-state index contributed by atoms with van der Waals surface area (Å²) in [6.07, 6.45) is -4.87. The lowest BCUT2D eigenvalue weighted by Crippen LogP contribution is -2.17. The number of fused-ring (bicyclic) bond motifs is 1. The normalized spacial score (nSPS) is 12.7. The fourth-order valence-electron chi connectivity index (χ4n) is 2.68. The van der Waals surface area contributed by atoms with Gasteiger partial charge < -0.3 is 14.2 Å². The Balaban J connectivity index is 1.84. The van der Waals surface area contributed by atoms with E-state index in [-0.39, 0.29) is 23.7 Å². The van der Waals surface area contributed by atoms with Crippen molar-refractivity contribution < 1.29 is 27.4 Å². The molecule has 10 heteroatoms. The van der Waals surface area contributed by atoms with Gasteiger partial charge in [0.15, 0.2) is 17.2 Å². The van der Waals surface area contributed by atoms with E-state index >= 15 is 0 Å². The van der Waals surface area contributed by atoms with Crippen molar-refractivity contribution in [1.29, 1.82) is 5.26 Å². The van der Waals surface area contributed by atoms with Gasteiger partial charge in [0.05, 0.1) is 0 Å². The summed E-state index contributed by atoms with van der Waals surface area (Å²) < 4.78 is 52.8. The Kier molecular flexibility index (Phi) is 3.84. The highest BCUT2D eigenvalue weighted by Gasteiger charge is 2.31. The van der Waals surface area contributed by atoms with E-state index in [0.29, 0.717) is 22.6 Å². The zero-order valence-corrected chi connectivity index (χ0v) is 13.4. The molecule has 0 saturated carbocycles. The van der Waals surface area contributed by atoms with E-state index < -0.39 is 12.1 Å². The van der Waals surface area contributed by atoms with Crippen LogP contribution >= 0.6 is 0 Å². The van der Waals surface area contributed by atoms with E-state index in [1.807, 2.05) is 6.07 Å². The highest BCUT2D eigenvalue weighted by Crippen LogP contribution is 2.39. The molecule has 0 saturated heterocycles. The van der Waals surface area contributed by atoms with Crippen molar-refractivity contribution in [2.24, 2.45) is 0 Å². The summed E-state index contributed by atoms with van der Waals surface area (Å²) in [4.78, 5) is 0. The van der Waals surface area contributed by atoms with Gasteiger partial charge in [-0.15, -0.1) is 18.3 Å². The number of hydrogen-bond donors (Lipinski definition) is 1. The number of benzene rings is 2. The third-order valence-corrected chi connectivity index (χ3v) is 3.78. The molecule has 27 heavy (non-hydrogen) atoms. The molecule has 2 aromatic carbocycles. The number of aromatic amines is 1. The number of halogens is 3. The predicted octanol–water partition coefficient (Wildman–Crippen LogP) is 3.64. The Morgan fingerprint density at radius 3 is 2.59 bits per heavy atom. The number of nitrogens with zero attached hydrogens (tertiary/aromatic N) is 3. The zero-order valence-electron chi connectivity index (χ0n) is 13.4. The molecule has 1 aliphatic rings. The Morgan fingerprint density at radius 2 is 1.81 bits per heavy atom. The minimum absolute atomic E-state index is 0.0239. The zero-order chi connectivity index (χ0) is 19.0. The molecule has 4 rings (SSSR count). The van der Waals surface area contributed by atoms with Gasteiger partial charge in [-0.1, -0.05) is 11.3 Å². The van der Waals surface area contributed by atoms with Gasteiger partial charge in [0.25, 0.3) is 0 Å². The van der Waals surface area contributed by atoms with Crippen molar-refractivity contribution in [3.05, 3.63) is 42.1 Å². The predicted molar refractivity (Wildman–Crippen MR) is 84.8 cm³/mol. The van der Waals surface area contributed by atoms with Crippen LogP contribution in [0.4, 0.5) is 13.2 Å². The second kappa shape index (κ2) is 6.21. The Morgan fingerprint density at radius 1 is 1.04 bits per heavy atom. The van der Waals surface area contributed by atoms with Crippen molar-refractivity contribution in [1.82, 2.24) is 15.4 Å². The molecule has 0 aliphatic carbocycles. The number of nitrogens with one attached hydrogen (secondary N) is 1. The van der Waals surface area contributed by atoms with Gasteiger partial charge in [-0.3, -0.25) is 0 Å². The van der Waals surface area contributed by atoms with Gasteiger partial charge in [0, 0.05) is 5.56 Å². The number of rotatable bonds is 3. The largest absolute Gasteiger partial charge is 0.573 e. The lowest BCUT2D eigenvalue weighted by Gasteiger charge is -2.12. The van der Waals surface area contributed by atoms with Crippen LogP contribution in [0.15, 0.2) is 36.4 Å². The maximum Gasteiger partial charge on any atom is 0.573 e. The molecule has 7 nitrogen and oxygen atoms in total. The molecule has 0 amide bonds. The summed E-state index contributed by atoms with van der Waals surface area (Å²) in [5.41, 5.74) is 1.38. The van der Waals surface area contributed by atoms with Gasteiger partial charge >= 0.3 is 6.36 Å². The van der Waals surface area contributed by atoms with E-state index in [2.05, 4.69) is 20.1 Å². The first-order chi connectivity index (χ1) is 12.9. The SMILES string of the molecule is N#Cc1[nH]nnc1-c1cc(OC(F)(F)F)cc(-c2ccc3c(c2)OCO3)c1. The van der Waals surface area contributed by atoms with Crippen LogP contribution in [0.25, 0.3) is 22.4 Å². The molecule has 0 radical (unpaired) electrons. The lowest BCUT2D eigenvalue weighted by atomic mass is 10.00. The highest BCUT2D eigenvalue weighted by atomic mass is 19.4. The first-order valence-corrected chi connectivity index (χ1v) is 7.55. The minimum atomic E-state index is -4.87. The Bertz CT molecular complexity index is 1060. The summed E-state index contributed by atoms with van der Waals surface area (Å²) in [5, 5.41) is 18.8. The van der Waals surface area contributed by atoms with Crippen molar-refractivity contribution in [3.8, 4) is 45.7 Å². The van der Waals surface area contributed by atoms with Crippen molar-refractivity contribution in [2.45, 2.75) is 6.36 Å². The Hall–Kier alpha value is -3.74. The van der Waals surface area contributed by atoms with Crippen LogP contribution in [0.5, 0.6) is 17.2 Å². The molecular weight excluding hydrogens is 365 g/mol. The number of hydrogen-bond acceptors (Lipinski definition) is 6. The van der Waals surface area contributed by atoms with Crippen molar-refractivity contribution in [2.75, 3.05) is 6.79 Å². The van der Waals surface area contributed by atoms with Crippen LogP contribution < -0.4 is 14.2 Å². The number of aromatic nitrogens is 3. The van der Waals surface area contributed by atoms with Gasteiger partial charge in [0.2, 0.25) is 6.79 Å². The monoisotopic (exact) mass is 374 g/mol. The van der Waals surface area contributed by atoms with E-state index in [0.717, 1.165) is 6.07 Å². The standard InChI is InChI=1S/C17H9F3N4O3/c18-17(19,20)27-12-4-10(9-1-2-14-15(6-9)26-8-25-14)3-11(5-12)16-13(7-21)22-24-23-16/h1-6H,8H2,(H,22,23,24). The molecule has 2 heterocycles. The van der Waals surface area contributed by atoms with Gasteiger partial charge in [-0.05, 0) is 41.5 Å². The van der Waals surface area contributed by atoms with E-state index in [9.17, 15) is 13.2 Å². The molecule has 0 fully saturated rings. The molecule has 0 bridgehead atoms. The summed E-state index contributed by atoms with van der Waals surface area (Å²) in [7, 11) is 0. The summed E-state index contributed by atoms with van der Waals surface area (Å²) in [6.45, 7) is 0.0751. The van der Waals surface area contributed by atoms with E-state index in [1.165, 1.54) is 6.07 Å². The van der Waals surface area contributed by atoms with Crippen molar-refractivity contribution >= 4 is 0 Å². The smallest absolute Gasteiger partial charge is 0.454 e. The molecule has 1 aliphatic heterocycles. The van der Waals surface area contributed by atoms with Crippen LogP contribution in [0.3, 0.4) is 0 Å². The number of ether oxygens (including phenoxy) is 3. The maximum atomic E-state index is 12.7. The van der Waals surface area contributed by atoms with Crippen LogP contribution in [0.2, 0.25) is 0 Å². The molecule has 136 valence electrons. The minimum Gasteiger partial charge on any atom is -0.454 e. The number of alkyl halides is 3. The molecule has 1 N–H and O–H groups in total. The molecule has 0 spiro atoms. The van der Waals surface area contributed by atoms with E-state index in [1.54, 1.807) is 24.3 Å². The van der Waals surface area contributed by atoms with Gasteiger partial charge in [-0.2, -0.15) is 5.26 Å². The average Bonchev–Trinajstić information content (AvgIpc) is 3.28. The van der Waals surface area contributed by atoms with Crippen molar-refractivity contribution in [3.63, 3.8) is 0 Å². The summed E-state index contributed by atoms with van der Waals surface area (Å²) in [5.74, 6) is 0.583. The fourth-order valence-corrected chi connectivity index (χ4v) is 2.68. The quantitative estimate of drug-likeness (QED) is 0.752. The molecule has 3 aromatic rings. The van der Waals surface area contributed by atoms with Crippen LogP contribution in [-0.4, -0.2) is 28.6 Å². The lowest BCUT2D eigenvalue weighted by molar-refractivity contribution is -0.274. The third-order valence-electron chi connectivity index (χ3n) is 3.78. The number of nitriles is 1. The molecule has 0 atom stereocenters. The maximum absolute atomic E-state index is 12.7. The van der Waals surface area contributed by atoms with Gasteiger partial charge in [0.1, 0.15) is 17.5 Å². The highest BCUT2D eigenvalue weighted by molar-refractivity contribution is 5.76. The third kappa shape index (κ3) is 3.35. The van der Waals surface area contributed by atoms with Crippen LogP contribution in [-0.2, 0) is 0 Å². The average molecular weight is 374 g/mol. The first-order valence-electron chi connectivity index (χ1n) is 7.55. The van der Waals surface area contributed by atoms with Crippen LogP contribution in [0.1, 0.15) is 5.69 Å². The fraction of sp³-hybridized carbons (Fsp3) is 0.118. The summed E-state index contributed by atoms with van der Waals surface area (Å²) >= 11 is 0.